The number of nitrogens with one attached hydrogen (secondary N) is 1. The van der Waals surface area contributed by atoms with Gasteiger partial charge in [-0.1, -0.05) is 30.3 Å². The molecule has 1 amide bonds. The molecule has 1 atom stereocenters. The fourth-order valence-corrected chi connectivity index (χ4v) is 2.01. The molecule has 1 aromatic carbocycles. The summed E-state index contributed by atoms with van der Waals surface area (Å²) in [5.74, 6) is 0.297. The zero-order valence-electron chi connectivity index (χ0n) is 12.0. The van der Waals surface area contributed by atoms with Crippen LogP contribution in [0.15, 0.2) is 48.7 Å². The number of carbonyl (C=O) groups is 1. The summed E-state index contributed by atoms with van der Waals surface area (Å²) in [5, 5.41) is 2.79. The van der Waals surface area contributed by atoms with Gasteiger partial charge in [-0.2, -0.15) is 0 Å². The molecule has 0 radical (unpaired) electrons. The first-order valence-electron chi connectivity index (χ1n) is 6.80. The first kappa shape index (κ1) is 15.0. The van der Waals surface area contributed by atoms with Gasteiger partial charge in [0.05, 0.1) is 7.11 Å². The molecule has 21 heavy (non-hydrogen) atoms. The molecule has 0 saturated heterocycles. The van der Waals surface area contributed by atoms with Gasteiger partial charge in [0, 0.05) is 18.7 Å². The number of pyridine rings is 1. The fourth-order valence-electron chi connectivity index (χ4n) is 2.01. The fraction of sp³-hybridized carbons (Fsp3) is 0.250. The lowest BCUT2D eigenvalue weighted by molar-refractivity contribution is -0.116. The van der Waals surface area contributed by atoms with E-state index < -0.39 is 0 Å². The van der Waals surface area contributed by atoms with Crippen LogP contribution in [0, 0.1) is 0 Å². The van der Waals surface area contributed by atoms with Crippen LogP contribution in [0.25, 0.3) is 0 Å². The number of ether oxygens (including phenoxy) is 1. The van der Waals surface area contributed by atoms with Crippen LogP contribution in [0.3, 0.4) is 0 Å². The van der Waals surface area contributed by atoms with Gasteiger partial charge in [0.2, 0.25) is 11.8 Å². The molecule has 0 bridgehead atoms. The zero-order chi connectivity index (χ0) is 15.1. The SMILES string of the molecule is COc1ncccc1NC(=O)CCC(N)c1ccccc1. The number of hydrogen-bond acceptors (Lipinski definition) is 4. The average Bonchev–Trinajstić information content (AvgIpc) is 2.54. The molecule has 0 aliphatic carbocycles. The van der Waals surface area contributed by atoms with Gasteiger partial charge in [-0.05, 0) is 24.1 Å². The lowest BCUT2D eigenvalue weighted by atomic mass is 10.0. The smallest absolute Gasteiger partial charge is 0.237 e. The average molecular weight is 285 g/mol. The van der Waals surface area contributed by atoms with Crippen LogP contribution >= 0.6 is 0 Å². The number of hydrogen-bond donors (Lipinski definition) is 2. The van der Waals surface area contributed by atoms with E-state index in [1.165, 1.54) is 7.11 Å². The number of nitrogens with two attached hydrogens (primary N) is 1. The minimum atomic E-state index is -0.146. The monoisotopic (exact) mass is 285 g/mol. The van der Waals surface area contributed by atoms with Crippen molar-refractivity contribution in [1.29, 1.82) is 0 Å². The molecule has 5 nitrogen and oxygen atoms in total. The molecule has 110 valence electrons. The van der Waals surface area contributed by atoms with Gasteiger partial charge in [0.15, 0.2) is 0 Å². The van der Waals surface area contributed by atoms with Crippen LogP contribution in [-0.4, -0.2) is 18.0 Å². The van der Waals surface area contributed by atoms with Gasteiger partial charge in [-0.15, -0.1) is 0 Å². The van der Waals surface area contributed by atoms with Crippen molar-refractivity contribution in [3.63, 3.8) is 0 Å². The number of amides is 1. The third-order valence-electron chi connectivity index (χ3n) is 3.15. The van der Waals surface area contributed by atoms with Gasteiger partial charge in [-0.3, -0.25) is 4.79 Å². The second kappa shape index (κ2) is 7.40. The summed E-state index contributed by atoms with van der Waals surface area (Å²) in [7, 11) is 1.52. The molecule has 1 unspecified atom stereocenters. The van der Waals surface area contributed by atoms with Crippen molar-refractivity contribution in [1.82, 2.24) is 4.98 Å². The van der Waals surface area contributed by atoms with Crippen molar-refractivity contribution < 1.29 is 9.53 Å². The molecule has 0 spiro atoms. The second-order valence-electron chi connectivity index (χ2n) is 4.66. The largest absolute Gasteiger partial charge is 0.480 e. The number of anilines is 1. The van der Waals surface area contributed by atoms with Crippen LogP contribution in [0.5, 0.6) is 5.88 Å². The molecule has 0 aliphatic rings. The Hall–Kier alpha value is -2.40. The van der Waals surface area contributed by atoms with Crippen molar-refractivity contribution >= 4 is 11.6 Å². The predicted octanol–water partition coefficient (Wildman–Crippen LogP) is 2.51. The van der Waals surface area contributed by atoms with Gasteiger partial charge in [-0.25, -0.2) is 4.98 Å². The number of aromatic nitrogens is 1. The zero-order valence-corrected chi connectivity index (χ0v) is 12.0. The molecule has 1 aromatic heterocycles. The summed E-state index contributed by atoms with van der Waals surface area (Å²) in [4.78, 5) is 16.0. The molecule has 2 rings (SSSR count). The maximum absolute atomic E-state index is 12.0. The van der Waals surface area contributed by atoms with E-state index in [1.54, 1.807) is 18.3 Å². The molecule has 0 saturated carbocycles. The highest BCUT2D eigenvalue weighted by Crippen LogP contribution is 2.21. The number of nitrogens with zero attached hydrogens (tertiary/aromatic N) is 1. The third-order valence-corrected chi connectivity index (χ3v) is 3.15. The Balaban J connectivity index is 1.88. The standard InChI is InChI=1S/C16H19N3O2/c1-21-16-14(8-5-11-18-16)19-15(20)10-9-13(17)12-6-3-2-4-7-12/h2-8,11,13H,9-10,17H2,1H3,(H,19,20). The van der Waals surface area contributed by atoms with E-state index >= 15 is 0 Å². The van der Waals surface area contributed by atoms with Crippen molar-refractivity contribution in [2.45, 2.75) is 18.9 Å². The summed E-state index contributed by atoms with van der Waals surface area (Å²) < 4.78 is 5.09. The molecule has 1 heterocycles. The van der Waals surface area contributed by atoms with E-state index in [4.69, 9.17) is 10.5 Å². The maximum atomic E-state index is 12.0. The third kappa shape index (κ3) is 4.29. The second-order valence-corrected chi connectivity index (χ2v) is 4.66. The van der Waals surface area contributed by atoms with E-state index in [0.717, 1.165) is 5.56 Å². The lowest BCUT2D eigenvalue weighted by Gasteiger charge is -2.12. The first-order valence-corrected chi connectivity index (χ1v) is 6.80. The Bertz CT molecular complexity index is 587. The van der Waals surface area contributed by atoms with Crippen molar-refractivity contribution in [3.8, 4) is 5.88 Å². The molecular formula is C16H19N3O2. The number of rotatable bonds is 6. The van der Waals surface area contributed by atoms with Crippen molar-refractivity contribution in [2.75, 3.05) is 12.4 Å². The molecular weight excluding hydrogens is 266 g/mol. The van der Waals surface area contributed by atoms with E-state index in [1.807, 2.05) is 30.3 Å². The summed E-state index contributed by atoms with van der Waals surface area (Å²) in [6.45, 7) is 0. The number of carbonyl (C=O) groups excluding carboxylic acids is 1. The van der Waals surface area contributed by atoms with Crippen molar-refractivity contribution in [3.05, 3.63) is 54.2 Å². The van der Waals surface area contributed by atoms with E-state index in [-0.39, 0.29) is 11.9 Å². The van der Waals surface area contributed by atoms with Gasteiger partial charge in [0.25, 0.3) is 0 Å². The van der Waals surface area contributed by atoms with Gasteiger partial charge < -0.3 is 15.8 Å². The first-order chi connectivity index (χ1) is 10.2. The van der Waals surface area contributed by atoms with Crippen LogP contribution in [0.4, 0.5) is 5.69 Å². The highest BCUT2D eigenvalue weighted by atomic mass is 16.5. The summed E-state index contributed by atoms with van der Waals surface area (Å²) >= 11 is 0. The lowest BCUT2D eigenvalue weighted by Crippen LogP contribution is -2.17. The molecule has 2 aromatic rings. The Morgan fingerprint density at radius 1 is 1.29 bits per heavy atom. The summed E-state index contributed by atoms with van der Waals surface area (Å²) in [5.41, 5.74) is 7.68. The van der Waals surface area contributed by atoms with Crippen molar-refractivity contribution in [2.24, 2.45) is 5.73 Å². The number of benzene rings is 1. The molecule has 3 N–H and O–H groups in total. The normalized spacial score (nSPS) is 11.7. The van der Waals surface area contributed by atoms with Gasteiger partial charge in [0.1, 0.15) is 5.69 Å². The van der Waals surface area contributed by atoms with Crippen LogP contribution in [0.2, 0.25) is 0 Å². The molecule has 0 fully saturated rings. The maximum Gasteiger partial charge on any atom is 0.237 e. The highest BCUT2D eigenvalue weighted by Gasteiger charge is 2.11. The van der Waals surface area contributed by atoms with E-state index in [9.17, 15) is 4.79 Å². The predicted molar refractivity (Wildman–Crippen MR) is 82.0 cm³/mol. The highest BCUT2D eigenvalue weighted by molar-refractivity contribution is 5.91. The Morgan fingerprint density at radius 2 is 2.05 bits per heavy atom. The molecule has 0 aliphatic heterocycles. The Morgan fingerprint density at radius 3 is 2.76 bits per heavy atom. The molecule has 5 heteroatoms. The Kier molecular flexibility index (Phi) is 5.29. The summed E-state index contributed by atoms with van der Waals surface area (Å²) in [6.07, 6.45) is 2.53. The van der Waals surface area contributed by atoms with Crippen LogP contribution in [-0.2, 0) is 4.79 Å². The van der Waals surface area contributed by atoms with Crippen LogP contribution < -0.4 is 15.8 Å². The van der Waals surface area contributed by atoms with Gasteiger partial charge >= 0.3 is 0 Å². The quantitative estimate of drug-likeness (QED) is 0.855. The topological polar surface area (TPSA) is 77.2 Å². The Labute approximate surface area is 124 Å². The minimum absolute atomic E-state index is 0.104. The van der Waals surface area contributed by atoms with Crippen LogP contribution in [0.1, 0.15) is 24.4 Å². The summed E-state index contributed by atoms with van der Waals surface area (Å²) in [6, 6.07) is 13.1. The number of methoxy groups -OCH3 is 1. The minimum Gasteiger partial charge on any atom is -0.480 e. The van der Waals surface area contributed by atoms with E-state index in [0.29, 0.717) is 24.4 Å². The van der Waals surface area contributed by atoms with E-state index in [2.05, 4.69) is 10.3 Å².